The van der Waals surface area contributed by atoms with Crippen molar-refractivity contribution in [2.75, 3.05) is 5.32 Å². The predicted molar refractivity (Wildman–Crippen MR) is 90.4 cm³/mol. The lowest BCUT2D eigenvalue weighted by Crippen LogP contribution is -2.31. The molecule has 1 nitrogen and oxygen atoms in total. The topological polar surface area (TPSA) is 12.0 Å². The maximum Gasteiger partial charge on any atom is 0.0784 e. The van der Waals surface area contributed by atoms with Crippen LogP contribution in [0.5, 0.6) is 0 Å². The van der Waals surface area contributed by atoms with Crippen LogP contribution in [0.4, 0.5) is 5.69 Å². The van der Waals surface area contributed by atoms with Crippen molar-refractivity contribution < 1.29 is 0 Å². The third kappa shape index (κ3) is 2.02. The van der Waals surface area contributed by atoms with Crippen molar-refractivity contribution in [1.29, 1.82) is 0 Å². The number of anilines is 1. The van der Waals surface area contributed by atoms with E-state index in [1.807, 2.05) is 0 Å². The average Bonchev–Trinajstić information content (AvgIpc) is 2.54. The maximum absolute atomic E-state index is 3.67. The minimum atomic E-state index is -0.168. The molecule has 0 bridgehead atoms. The third-order valence-electron chi connectivity index (χ3n) is 4.30. The largest absolute Gasteiger partial charge is 0.372 e. The quantitative estimate of drug-likeness (QED) is 0.642. The standard InChI is InChI=1S/C20H17N/c1-20(13-12-16-7-4-5-9-19(16)21-20)18-11-10-15-6-2-3-8-17(15)14-18/h2-14,21H,1H3. The Hall–Kier alpha value is -2.54. The Morgan fingerprint density at radius 2 is 1.57 bits per heavy atom. The molecule has 1 unspecified atom stereocenters. The van der Waals surface area contributed by atoms with Crippen molar-refractivity contribution >= 4 is 22.5 Å². The van der Waals surface area contributed by atoms with Crippen molar-refractivity contribution in [2.24, 2.45) is 0 Å². The van der Waals surface area contributed by atoms with Gasteiger partial charge in [0.25, 0.3) is 0 Å². The molecule has 1 N–H and O–H groups in total. The van der Waals surface area contributed by atoms with Crippen LogP contribution in [-0.2, 0) is 5.54 Å². The highest BCUT2D eigenvalue weighted by Crippen LogP contribution is 2.35. The molecule has 1 aliphatic rings. The van der Waals surface area contributed by atoms with Crippen LogP contribution in [-0.4, -0.2) is 0 Å². The van der Waals surface area contributed by atoms with Gasteiger partial charge >= 0.3 is 0 Å². The molecule has 4 rings (SSSR count). The number of hydrogen-bond donors (Lipinski definition) is 1. The molecule has 0 saturated carbocycles. The molecule has 0 fully saturated rings. The Balaban J connectivity index is 1.81. The van der Waals surface area contributed by atoms with Crippen LogP contribution < -0.4 is 5.32 Å². The van der Waals surface area contributed by atoms with Crippen molar-refractivity contribution in [3.8, 4) is 0 Å². The first kappa shape index (κ1) is 12.2. The SMILES string of the molecule is CC1(c2ccc3ccccc3c2)C=Cc2ccccc2N1. The zero-order chi connectivity index (χ0) is 14.3. The first-order valence-electron chi connectivity index (χ1n) is 7.30. The molecule has 1 aliphatic heterocycles. The number of para-hydroxylation sites is 1. The predicted octanol–water partition coefficient (Wildman–Crippen LogP) is 5.19. The van der Waals surface area contributed by atoms with E-state index in [0.717, 1.165) is 0 Å². The van der Waals surface area contributed by atoms with Gasteiger partial charge in [0.15, 0.2) is 0 Å². The molecule has 0 amide bonds. The van der Waals surface area contributed by atoms with E-state index in [4.69, 9.17) is 0 Å². The van der Waals surface area contributed by atoms with Gasteiger partial charge in [0, 0.05) is 5.69 Å². The Bertz CT molecular complexity index is 847. The molecule has 0 spiro atoms. The number of benzene rings is 3. The highest BCUT2D eigenvalue weighted by Gasteiger charge is 2.26. The van der Waals surface area contributed by atoms with Crippen molar-refractivity contribution in [3.63, 3.8) is 0 Å². The molecule has 1 atom stereocenters. The summed E-state index contributed by atoms with van der Waals surface area (Å²) in [6.07, 6.45) is 4.46. The van der Waals surface area contributed by atoms with Crippen molar-refractivity contribution in [2.45, 2.75) is 12.5 Å². The Labute approximate surface area is 124 Å². The number of nitrogens with one attached hydrogen (secondary N) is 1. The summed E-state index contributed by atoms with van der Waals surface area (Å²) in [5, 5.41) is 6.23. The van der Waals surface area contributed by atoms with E-state index in [9.17, 15) is 0 Å². The molecule has 21 heavy (non-hydrogen) atoms. The van der Waals surface area contributed by atoms with Crippen LogP contribution in [0.25, 0.3) is 16.8 Å². The number of fused-ring (bicyclic) bond motifs is 2. The second-order valence-corrected chi connectivity index (χ2v) is 5.81. The van der Waals surface area contributed by atoms with Gasteiger partial charge in [-0.15, -0.1) is 0 Å². The van der Waals surface area contributed by atoms with Crippen LogP contribution >= 0.6 is 0 Å². The van der Waals surface area contributed by atoms with Gasteiger partial charge in [-0.05, 0) is 41.0 Å². The minimum absolute atomic E-state index is 0.168. The summed E-state index contributed by atoms with van der Waals surface area (Å²) in [4.78, 5) is 0. The summed E-state index contributed by atoms with van der Waals surface area (Å²) < 4.78 is 0. The molecule has 0 saturated heterocycles. The molecule has 102 valence electrons. The summed E-state index contributed by atoms with van der Waals surface area (Å²) in [6.45, 7) is 2.23. The van der Waals surface area contributed by atoms with Gasteiger partial charge in [-0.1, -0.05) is 66.7 Å². The monoisotopic (exact) mass is 271 g/mol. The molecule has 0 aromatic heterocycles. The minimum Gasteiger partial charge on any atom is -0.372 e. The van der Waals surface area contributed by atoms with Gasteiger partial charge in [0.05, 0.1) is 5.54 Å². The second-order valence-electron chi connectivity index (χ2n) is 5.81. The second kappa shape index (κ2) is 4.49. The van der Waals surface area contributed by atoms with E-state index in [-0.39, 0.29) is 5.54 Å². The first-order valence-corrected chi connectivity index (χ1v) is 7.30. The first-order chi connectivity index (χ1) is 10.2. The Kier molecular flexibility index (Phi) is 2.61. The lowest BCUT2D eigenvalue weighted by molar-refractivity contribution is 0.689. The molecule has 3 aromatic carbocycles. The fourth-order valence-corrected chi connectivity index (χ4v) is 3.01. The molecule has 1 heterocycles. The van der Waals surface area contributed by atoms with Crippen LogP contribution in [0.1, 0.15) is 18.1 Å². The molecule has 3 aromatic rings. The van der Waals surface area contributed by atoms with Crippen LogP contribution in [0.3, 0.4) is 0 Å². The zero-order valence-electron chi connectivity index (χ0n) is 12.0. The lowest BCUT2D eigenvalue weighted by Gasteiger charge is -2.33. The maximum atomic E-state index is 3.67. The number of hydrogen-bond acceptors (Lipinski definition) is 1. The summed E-state index contributed by atoms with van der Waals surface area (Å²) in [6, 6.07) is 23.6. The van der Waals surface area contributed by atoms with Crippen molar-refractivity contribution in [1.82, 2.24) is 0 Å². The Morgan fingerprint density at radius 1 is 0.810 bits per heavy atom. The molecular weight excluding hydrogens is 254 g/mol. The Morgan fingerprint density at radius 3 is 2.48 bits per heavy atom. The van der Waals surface area contributed by atoms with Gasteiger partial charge in [-0.2, -0.15) is 0 Å². The summed E-state index contributed by atoms with van der Waals surface area (Å²) in [5.74, 6) is 0. The molecule has 0 aliphatic carbocycles. The van der Waals surface area contributed by atoms with Crippen LogP contribution in [0.15, 0.2) is 72.8 Å². The highest BCUT2D eigenvalue weighted by molar-refractivity contribution is 5.84. The van der Waals surface area contributed by atoms with Gasteiger partial charge in [0.2, 0.25) is 0 Å². The smallest absolute Gasteiger partial charge is 0.0784 e. The van der Waals surface area contributed by atoms with Crippen molar-refractivity contribution in [3.05, 3.63) is 83.9 Å². The number of rotatable bonds is 1. The summed E-state index contributed by atoms with van der Waals surface area (Å²) in [5.41, 5.74) is 3.55. The van der Waals surface area contributed by atoms with Gasteiger partial charge in [0.1, 0.15) is 0 Å². The molecular formula is C20H17N. The third-order valence-corrected chi connectivity index (χ3v) is 4.30. The van der Waals surface area contributed by atoms with Gasteiger partial charge in [-0.25, -0.2) is 0 Å². The molecule has 1 heteroatoms. The van der Waals surface area contributed by atoms with E-state index in [0.29, 0.717) is 0 Å². The highest BCUT2D eigenvalue weighted by atomic mass is 15.0. The average molecular weight is 271 g/mol. The fraction of sp³-hybridized carbons (Fsp3) is 0.100. The van der Waals surface area contributed by atoms with E-state index in [2.05, 4.69) is 91.1 Å². The van der Waals surface area contributed by atoms with Crippen LogP contribution in [0, 0.1) is 0 Å². The van der Waals surface area contributed by atoms with Gasteiger partial charge < -0.3 is 5.32 Å². The summed E-state index contributed by atoms with van der Waals surface area (Å²) >= 11 is 0. The molecule has 0 radical (unpaired) electrons. The zero-order valence-corrected chi connectivity index (χ0v) is 12.0. The van der Waals surface area contributed by atoms with Crippen LogP contribution in [0.2, 0.25) is 0 Å². The van der Waals surface area contributed by atoms with Gasteiger partial charge in [-0.3, -0.25) is 0 Å². The summed E-state index contributed by atoms with van der Waals surface area (Å²) in [7, 11) is 0. The lowest BCUT2D eigenvalue weighted by atomic mass is 9.86. The van der Waals surface area contributed by atoms with E-state index in [1.165, 1.54) is 27.6 Å². The van der Waals surface area contributed by atoms with E-state index >= 15 is 0 Å². The van der Waals surface area contributed by atoms with E-state index in [1.54, 1.807) is 0 Å². The fourth-order valence-electron chi connectivity index (χ4n) is 3.01. The normalized spacial score (nSPS) is 20.0. The van der Waals surface area contributed by atoms with E-state index < -0.39 is 0 Å².